The van der Waals surface area contributed by atoms with Crippen LogP contribution in [0.3, 0.4) is 0 Å². The molecule has 1 amide bonds. The number of carbonyl (C=O) groups is 1. The van der Waals surface area contributed by atoms with Crippen molar-refractivity contribution in [3.8, 4) is 5.75 Å². The lowest BCUT2D eigenvalue weighted by molar-refractivity contribution is -0.117. The molecular weight excluding hydrogens is 414 g/mol. The third-order valence-corrected chi connectivity index (χ3v) is 7.14. The number of rotatable bonds is 5. The van der Waals surface area contributed by atoms with Crippen LogP contribution in [0.15, 0.2) is 94.4 Å². The normalized spacial score (nSPS) is 16.6. The van der Waals surface area contributed by atoms with Crippen molar-refractivity contribution in [3.63, 3.8) is 0 Å². The number of ether oxygens (including phenoxy) is 1. The number of carbonyl (C=O) groups excluding carboxylic acids is 1. The maximum absolute atomic E-state index is 13.5. The van der Waals surface area contributed by atoms with Crippen molar-refractivity contribution in [2.75, 3.05) is 12.0 Å². The molecule has 6 nitrogen and oxygen atoms in total. The molecule has 3 aromatic rings. The van der Waals surface area contributed by atoms with Gasteiger partial charge in [0.25, 0.3) is 5.91 Å². The van der Waals surface area contributed by atoms with Crippen molar-refractivity contribution in [2.45, 2.75) is 17.9 Å². The van der Waals surface area contributed by atoms with E-state index in [1.807, 2.05) is 19.1 Å². The fraction of sp³-hybridized carbons (Fsp3) is 0.125. The molecule has 158 valence electrons. The fourth-order valence-electron chi connectivity index (χ4n) is 3.64. The maximum atomic E-state index is 13.5. The summed E-state index contributed by atoms with van der Waals surface area (Å²) in [7, 11) is -2.62. The number of anilines is 1. The molecule has 1 aliphatic heterocycles. The zero-order valence-electron chi connectivity index (χ0n) is 17.0. The van der Waals surface area contributed by atoms with Crippen molar-refractivity contribution in [1.29, 1.82) is 0 Å². The van der Waals surface area contributed by atoms with Gasteiger partial charge in [-0.3, -0.25) is 9.69 Å². The molecular formula is C24H21NO5S. The van der Waals surface area contributed by atoms with Crippen molar-refractivity contribution in [2.24, 2.45) is 0 Å². The Morgan fingerprint density at radius 2 is 1.52 bits per heavy atom. The lowest BCUT2D eigenvalue weighted by Crippen LogP contribution is -2.31. The summed E-state index contributed by atoms with van der Waals surface area (Å²) in [6.45, 7) is 1.91. The number of aliphatic hydroxyl groups is 1. The van der Waals surface area contributed by atoms with Crippen LogP contribution in [0.4, 0.5) is 5.69 Å². The van der Waals surface area contributed by atoms with Crippen molar-refractivity contribution >= 4 is 21.4 Å². The Balaban J connectivity index is 1.93. The molecule has 1 atom stereocenters. The van der Waals surface area contributed by atoms with Gasteiger partial charge in [0, 0.05) is 5.69 Å². The first-order valence-electron chi connectivity index (χ1n) is 9.62. The number of sulfone groups is 1. The Bertz CT molecular complexity index is 1250. The summed E-state index contributed by atoms with van der Waals surface area (Å²) in [5, 5.41) is 10.8. The number of nitrogens with zero attached hydrogens (tertiary/aromatic N) is 1. The summed E-state index contributed by atoms with van der Waals surface area (Å²) >= 11 is 0. The molecule has 0 aliphatic carbocycles. The highest BCUT2D eigenvalue weighted by Gasteiger charge is 2.47. The van der Waals surface area contributed by atoms with Crippen LogP contribution >= 0.6 is 0 Å². The minimum absolute atomic E-state index is 0.00798. The Morgan fingerprint density at radius 1 is 0.903 bits per heavy atom. The first kappa shape index (κ1) is 20.7. The SMILES string of the molecule is COc1ccc([C@H]2C(S(=O)(=O)c3ccccc3)=C(O)C(=O)N2c2ccc(C)cc2)cc1. The monoisotopic (exact) mass is 435 g/mol. The van der Waals surface area contributed by atoms with Crippen LogP contribution in [0.25, 0.3) is 0 Å². The van der Waals surface area contributed by atoms with Gasteiger partial charge in [-0.05, 0) is 48.9 Å². The topological polar surface area (TPSA) is 83.9 Å². The van der Waals surface area contributed by atoms with Gasteiger partial charge in [0.05, 0.1) is 12.0 Å². The van der Waals surface area contributed by atoms with Gasteiger partial charge < -0.3 is 9.84 Å². The van der Waals surface area contributed by atoms with Gasteiger partial charge >= 0.3 is 0 Å². The van der Waals surface area contributed by atoms with Crippen LogP contribution < -0.4 is 9.64 Å². The molecule has 0 bridgehead atoms. The number of methoxy groups -OCH3 is 1. The average Bonchev–Trinajstić information content (AvgIpc) is 3.06. The molecule has 7 heteroatoms. The lowest BCUT2D eigenvalue weighted by atomic mass is 10.1. The van der Waals surface area contributed by atoms with Gasteiger partial charge in [0.2, 0.25) is 9.84 Å². The van der Waals surface area contributed by atoms with E-state index in [0.29, 0.717) is 17.0 Å². The Kier molecular flexibility index (Phi) is 5.29. The van der Waals surface area contributed by atoms with E-state index in [1.165, 1.54) is 24.1 Å². The van der Waals surface area contributed by atoms with Crippen LogP contribution in [0.2, 0.25) is 0 Å². The summed E-state index contributed by atoms with van der Waals surface area (Å²) in [5.74, 6) is -0.944. The second-order valence-corrected chi connectivity index (χ2v) is 9.13. The molecule has 0 saturated carbocycles. The van der Waals surface area contributed by atoms with Crippen LogP contribution in [-0.2, 0) is 14.6 Å². The summed E-state index contributed by atoms with van der Waals surface area (Å²) in [4.78, 5) is 14.1. The van der Waals surface area contributed by atoms with E-state index in [2.05, 4.69) is 0 Å². The number of amides is 1. The Morgan fingerprint density at radius 3 is 2.10 bits per heavy atom. The molecule has 31 heavy (non-hydrogen) atoms. The molecule has 1 N–H and O–H groups in total. The highest BCUT2D eigenvalue weighted by Crippen LogP contribution is 2.45. The lowest BCUT2D eigenvalue weighted by Gasteiger charge is -2.27. The van der Waals surface area contributed by atoms with Crippen LogP contribution in [0.1, 0.15) is 17.2 Å². The number of hydrogen-bond donors (Lipinski definition) is 1. The van der Waals surface area contributed by atoms with Crippen LogP contribution in [-0.4, -0.2) is 26.5 Å². The Hall–Kier alpha value is -3.58. The van der Waals surface area contributed by atoms with Crippen LogP contribution in [0.5, 0.6) is 5.75 Å². The Labute approximate surface area is 180 Å². The first-order chi connectivity index (χ1) is 14.8. The van der Waals surface area contributed by atoms with Crippen molar-refractivity contribution in [1.82, 2.24) is 0 Å². The summed E-state index contributed by atoms with van der Waals surface area (Å²) in [5.41, 5.74) is 2.01. The number of benzene rings is 3. The van der Waals surface area contributed by atoms with E-state index in [-0.39, 0.29) is 9.80 Å². The quantitative estimate of drug-likeness (QED) is 0.645. The largest absolute Gasteiger partial charge is 0.502 e. The first-order valence-corrected chi connectivity index (χ1v) is 11.1. The molecule has 1 heterocycles. The smallest absolute Gasteiger partial charge is 0.295 e. The van der Waals surface area contributed by atoms with E-state index in [1.54, 1.807) is 54.6 Å². The molecule has 0 fully saturated rings. The predicted molar refractivity (Wildman–Crippen MR) is 118 cm³/mol. The molecule has 0 spiro atoms. The average molecular weight is 436 g/mol. The minimum Gasteiger partial charge on any atom is -0.502 e. The third kappa shape index (κ3) is 3.57. The van der Waals surface area contributed by atoms with Gasteiger partial charge in [-0.2, -0.15) is 0 Å². The molecule has 0 aromatic heterocycles. The van der Waals surface area contributed by atoms with Gasteiger partial charge in [0.15, 0.2) is 5.76 Å². The predicted octanol–water partition coefficient (Wildman–Crippen LogP) is 4.34. The van der Waals surface area contributed by atoms with Crippen molar-refractivity contribution in [3.05, 3.63) is 101 Å². The molecule has 4 rings (SSSR count). The molecule has 1 aliphatic rings. The maximum Gasteiger partial charge on any atom is 0.295 e. The molecule has 0 radical (unpaired) electrons. The van der Waals surface area contributed by atoms with Crippen LogP contribution in [0, 0.1) is 6.92 Å². The number of aryl methyl sites for hydroxylation is 1. The molecule has 0 saturated heterocycles. The van der Waals surface area contributed by atoms with Gasteiger partial charge in [-0.25, -0.2) is 8.42 Å². The minimum atomic E-state index is -4.15. The highest BCUT2D eigenvalue weighted by molar-refractivity contribution is 7.95. The molecule has 3 aromatic carbocycles. The summed E-state index contributed by atoms with van der Waals surface area (Å²) in [6, 6.07) is 20.6. The fourth-order valence-corrected chi connectivity index (χ4v) is 5.29. The van der Waals surface area contributed by atoms with E-state index < -0.39 is 27.5 Å². The van der Waals surface area contributed by atoms with E-state index in [0.717, 1.165) is 5.56 Å². The molecule has 0 unspecified atom stereocenters. The highest BCUT2D eigenvalue weighted by atomic mass is 32.2. The van der Waals surface area contributed by atoms with E-state index >= 15 is 0 Å². The second-order valence-electron chi connectivity index (χ2n) is 7.22. The number of hydrogen-bond acceptors (Lipinski definition) is 5. The van der Waals surface area contributed by atoms with Crippen molar-refractivity contribution < 1.29 is 23.1 Å². The van der Waals surface area contributed by atoms with E-state index in [4.69, 9.17) is 4.74 Å². The van der Waals surface area contributed by atoms with Gasteiger partial charge in [-0.1, -0.05) is 48.0 Å². The summed E-state index contributed by atoms with van der Waals surface area (Å²) in [6.07, 6.45) is 0. The van der Waals surface area contributed by atoms with Gasteiger partial charge in [-0.15, -0.1) is 0 Å². The zero-order chi connectivity index (χ0) is 22.2. The second kappa shape index (κ2) is 7.92. The standard InChI is InChI=1S/C24H21NO5S/c1-16-8-12-18(13-9-16)25-21(17-10-14-19(30-2)15-11-17)23(22(26)24(25)27)31(28,29)20-6-4-3-5-7-20/h3-15,21,26H,1-2H3/t21-/m0/s1. The van der Waals surface area contributed by atoms with Gasteiger partial charge in [0.1, 0.15) is 16.7 Å². The van der Waals surface area contributed by atoms with E-state index in [9.17, 15) is 18.3 Å². The number of aliphatic hydroxyl groups excluding tert-OH is 1. The summed E-state index contributed by atoms with van der Waals surface area (Å²) < 4.78 is 32.2. The third-order valence-electron chi connectivity index (χ3n) is 5.25. The zero-order valence-corrected chi connectivity index (χ0v) is 17.8.